The normalized spacial score (nSPS) is 10.7. The van der Waals surface area contributed by atoms with Gasteiger partial charge < -0.3 is 5.32 Å². The first-order valence-corrected chi connectivity index (χ1v) is 9.05. The Bertz CT molecular complexity index is 999. The van der Waals surface area contributed by atoms with Crippen molar-refractivity contribution in [2.45, 2.75) is 26.3 Å². The van der Waals surface area contributed by atoms with Crippen LogP contribution in [0.5, 0.6) is 0 Å². The molecule has 0 radical (unpaired) electrons. The first kappa shape index (κ1) is 19.7. The quantitative estimate of drug-likeness (QED) is 0.577. The largest absolute Gasteiger partial charge is 0.384 e. The molecular formula is C23H21F3N2. The first-order valence-electron chi connectivity index (χ1n) is 9.05. The van der Waals surface area contributed by atoms with Gasteiger partial charge in [-0.1, -0.05) is 31.7 Å². The summed E-state index contributed by atoms with van der Waals surface area (Å²) < 4.78 is 41.0. The minimum atomic E-state index is -0.957. The SMILES string of the molecule is C=C(Cc1ccc(-c2ccc(F)c(F)c2)cc1F)NCc1ccnc(CC)c1. The van der Waals surface area contributed by atoms with Gasteiger partial charge in [-0.2, -0.15) is 0 Å². The maximum Gasteiger partial charge on any atom is 0.159 e. The monoisotopic (exact) mass is 382 g/mol. The molecule has 0 saturated heterocycles. The molecule has 3 rings (SSSR count). The average molecular weight is 382 g/mol. The zero-order chi connectivity index (χ0) is 20.1. The van der Waals surface area contributed by atoms with E-state index in [1.165, 1.54) is 12.1 Å². The Morgan fingerprint density at radius 2 is 1.64 bits per heavy atom. The number of allylic oxidation sites excluding steroid dienone is 1. The third-order valence-corrected chi connectivity index (χ3v) is 4.50. The van der Waals surface area contributed by atoms with E-state index >= 15 is 0 Å². The molecule has 1 heterocycles. The third-order valence-electron chi connectivity index (χ3n) is 4.50. The minimum absolute atomic E-state index is 0.329. The highest BCUT2D eigenvalue weighted by molar-refractivity contribution is 5.64. The van der Waals surface area contributed by atoms with Gasteiger partial charge in [0.15, 0.2) is 11.6 Å². The molecule has 1 N–H and O–H groups in total. The van der Waals surface area contributed by atoms with E-state index in [9.17, 15) is 13.2 Å². The van der Waals surface area contributed by atoms with E-state index in [-0.39, 0.29) is 0 Å². The van der Waals surface area contributed by atoms with Crippen molar-refractivity contribution in [2.24, 2.45) is 0 Å². The van der Waals surface area contributed by atoms with Crippen LogP contribution < -0.4 is 5.32 Å². The molecule has 2 aromatic carbocycles. The molecule has 0 bridgehead atoms. The summed E-state index contributed by atoms with van der Waals surface area (Å²) in [5.74, 6) is -2.30. The summed E-state index contributed by atoms with van der Waals surface area (Å²) in [6.45, 7) is 6.60. The van der Waals surface area contributed by atoms with Crippen molar-refractivity contribution in [1.82, 2.24) is 10.3 Å². The lowest BCUT2D eigenvalue weighted by Crippen LogP contribution is -2.14. The predicted molar refractivity (Wildman–Crippen MR) is 105 cm³/mol. The summed E-state index contributed by atoms with van der Waals surface area (Å²) in [6.07, 6.45) is 2.97. The Morgan fingerprint density at radius 3 is 2.32 bits per heavy atom. The number of rotatable bonds is 7. The summed E-state index contributed by atoms with van der Waals surface area (Å²) in [7, 11) is 0. The molecule has 144 valence electrons. The van der Waals surface area contributed by atoms with Crippen molar-refractivity contribution in [2.75, 3.05) is 0 Å². The lowest BCUT2D eigenvalue weighted by Gasteiger charge is -2.12. The highest BCUT2D eigenvalue weighted by atomic mass is 19.2. The number of hydrogen-bond acceptors (Lipinski definition) is 2. The van der Waals surface area contributed by atoms with Gasteiger partial charge in [-0.15, -0.1) is 0 Å². The van der Waals surface area contributed by atoms with Crippen molar-refractivity contribution in [3.05, 3.63) is 101 Å². The summed E-state index contributed by atoms with van der Waals surface area (Å²) in [5.41, 5.74) is 4.18. The van der Waals surface area contributed by atoms with Crippen LogP contribution in [0.15, 0.2) is 67.0 Å². The van der Waals surface area contributed by atoms with Gasteiger partial charge in [0.25, 0.3) is 0 Å². The molecule has 5 heteroatoms. The smallest absolute Gasteiger partial charge is 0.159 e. The second kappa shape index (κ2) is 8.74. The number of nitrogens with one attached hydrogen (secondary N) is 1. The molecule has 28 heavy (non-hydrogen) atoms. The fourth-order valence-electron chi connectivity index (χ4n) is 2.90. The van der Waals surface area contributed by atoms with E-state index in [1.807, 2.05) is 19.1 Å². The van der Waals surface area contributed by atoms with E-state index in [1.54, 1.807) is 18.3 Å². The summed E-state index contributed by atoms with van der Waals surface area (Å²) >= 11 is 0. The molecule has 0 atom stereocenters. The molecule has 0 aliphatic carbocycles. The van der Waals surface area contributed by atoms with E-state index in [0.717, 1.165) is 29.8 Å². The second-order valence-corrected chi connectivity index (χ2v) is 6.58. The number of nitrogens with zero attached hydrogens (tertiary/aromatic N) is 1. The molecule has 0 saturated carbocycles. The fourth-order valence-corrected chi connectivity index (χ4v) is 2.90. The zero-order valence-corrected chi connectivity index (χ0v) is 15.6. The Labute approximate surface area is 162 Å². The van der Waals surface area contributed by atoms with Crippen molar-refractivity contribution in [3.8, 4) is 11.1 Å². The molecule has 0 aliphatic heterocycles. The maximum absolute atomic E-state index is 14.5. The van der Waals surface area contributed by atoms with Gasteiger partial charge in [0, 0.05) is 30.6 Å². The van der Waals surface area contributed by atoms with Crippen LogP contribution in [-0.4, -0.2) is 4.98 Å². The number of hydrogen-bond donors (Lipinski definition) is 1. The number of benzene rings is 2. The highest BCUT2D eigenvalue weighted by Crippen LogP contribution is 2.24. The minimum Gasteiger partial charge on any atom is -0.384 e. The van der Waals surface area contributed by atoms with Gasteiger partial charge in [0.2, 0.25) is 0 Å². The van der Waals surface area contributed by atoms with Gasteiger partial charge in [0.1, 0.15) is 5.82 Å². The maximum atomic E-state index is 14.5. The summed E-state index contributed by atoms with van der Waals surface area (Å²) in [4.78, 5) is 4.26. The van der Waals surface area contributed by atoms with Crippen LogP contribution in [-0.2, 0) is 19.4 Å². The number of halogens is 3. The molecule has 2 nitrogen and oxygen atoms in total. The van der Waals surface area contributed by atoms with Gasteiger partial charge >= 0.3 is 0 Å². The molecule has 0 fully saturated rings. The topological polar surface area (TPSA) is 24.9 Å². The Balaban J connectivity index is 1.65. The fraction of sp³-hybridized carbons (Fsp3) is 0.174. The average Bonchev–Trinajstić information content (AvgIpc) is 2.70. The van der Waals surface area contributed by atoms with Gasteiger partial charge in [-0.05, 0) is 59.0 Å². The molecule has 0 spiro atoms. The van der Waals surface area contributed by atoms with Crippen LogP contribution >= 0.6 is 0 Å². The Hall–Kier alpha value is -3.08. The van der Waals surface area contributed by atoms with Gasteiger partial charge in [0.05, 0.1) is 0 Å². The van der Waals surface area contributed by atoms with E-state index < -0.39 is 17.5 Å². The lowest BCUT2D eigenvalue weighted by molar-refractivity contribution is 0.509. The molecule has 1 aromatic heterocycles. The van der Waals surface area contributed by atoms with Crippen LogP contribution in [0.3, 0.4) is 0 Å². The molecule has 0 amide bonds. The van der Waals surface area contributed by atoms with E-state index in [4.69, 9.17) is 0 Å². The van der Waals surface area contributed by atoms with Gasteiger partial charge in [-0.3, -0.25) is 4.98 Å². The van der Waals surface area contributed by atoms with E-state index in [2.05, 4.69) is 16.9 Å². The number of pyridine rings is 1. The van der Waals surface area contributed by atoms with Crippen molar-refractivity contribution < 1.29 is 13.2 Å². The van der Waals surface area contributed by atoms with Crippen LogP contribution in [0.2, 0.25) is 0 Å². The molecular weight excluding hydrogens is 361 g/mol. The Morgan fingerprint density at radius 1 is 0.929 bits per heavy atom. The molecule has 0 aliphatic rings. The van der Waals surface area contributed by atoms with E-state index in [0.29, 0.717) is 35.4 Å². The molecule has 3 aromatic rings. The third kappa shape index (κ3) is 4.80. The zero-order valence-electron chi connectivity index (χ0n) is 15.6. The lowest BCUT2D eigenvalue weighted by atomic mass is 10.0. The number of aryl methyl sites for hydroxylation is 1. The summed E-state index contributed by atoms with van der Waals surface area (Å²) in [5, 5.41) is 3.21. The standard InChI is InChI=1S/C23H21F3N2/c1-3-20-11-16(8-9-27-20)14-28-15(2)10-19-5-4-17(12-22(19)25)18-6-7-21(24)23(26)13-18/h4-9,11-13,28H,2-3,10,14H2,1H3. The van der Waals surface area contributed by atoms with Crippen LogP contribution in [0.25, 0.3) is 11.1 Å². The second-order valence-electron chi connectivity index (χ2n) is 6.58. The number of aromatic nitrogens is 1. The van der Waals surface area contributed by atoms with Crippen LogP contribution in [0, 0.1) is 17.5 Å². The van der Waals surface area contributed by atoms with Gasteiger partial charge in [-0.25, -0.2) is 13.2 Å². The Kier molecular flexibility index (Phi) is 6.14. The predicted octanol–water partition coefficient (Wildman–Crippen LogP) is 5.57. The first-order chi connectivity index (χ1) is 13.5. The van der Waals surface area contributed by atoms with Crippen molar-refractivity contribution in [3.63, 3.8) is 0 Å². The van der Waals surface area contributed by atoms with Crippen molar-refractivity contribution >= 4 is 0 Å². The van der Waals surface area contributed by atoms with Crippen molar-refractivity contribution in [1.29, 1.82) is 0 Å². The highest BCUT2D eigenvalue weighted by Gasteiger charge is 2.09. The van der Waals surface area contributed by atoms with Crippen LogP contribution in [0.1, 0.15) is 23.7 Å². The molecule has 0 unspecified atom stereocenters. The summed E-state index contributed by atoms with van der Waals surface area (Å²) in [6, 6.07) is 12.1. The van der Waals surface area contributed by atoms with Crippen LogP contribution in [0.4, 0.5) is 13.2 Å².